The number of carboxylic acids is 1. The van der Waals surface area contributed by atoms with Crippen molar-refractivity contribution in [3.63, 3.8) is 0 Å². The van der Waals surface area contributed by atoms with Crippen molar-refractivity contribution in [3.8, 4) is 11.5 Å². The Kier molecular flexibility index (Phi) is 4.62. The van der Waals surface area contributed by atoms with Gasteiger partial charge < -0.3 is 19.5 Å². The van der Waals surface area contributed by atoms with Crippen LogP contribution in [0.4, 0.5) is 0 Å². The summed E-state index contributed by atoms with van der Waals surface area (Å²) >= 11 is 0. The second kappa shape index (κ2) is 6.58. The Morgan fingerprint density at radius 1 is 1.28 bits per heavy atom. The number of carbonyl (C=O) groups excluding carboxylic acids is 1. The number of hydrogen-bond acceptors (Lipinski definition) is 4. The van der Waals surface area contributed by atoms with Crippen LogP contribution < -0.4 is 9.47 Å². The Balaban J connectivity index is 2.08. The fourth-order valence-electron chi connectivity index (χ4n) is 3.62. The van der Waals surface area contributed by atoms with Crippen molar-refractivity contribution in [2.24, 2.45) is 11.3 Å². The fraction of sp³-hybridized carbons (Fsp3) is 0.579. The van der Waals surface area contributed by atoms with E-state index in [0.29, 0.717) is 37.7 Å². The van der Waals surface area contributed by atoms with Gasteiger partial charge in [-0.15, -0.1) is 0 Å². The SMILES string of the molecule is CC(C)(C)CN1C(=O)CC[C@@H](C(=O)O)[C@H]1c1cccc2c1OCCO2. The van der Waals surface area contributed by atoms with Gasteiger partial charge in [0, 0.05) is 18.5 Å². The Bertz CT molecular complexity index is 679. The van der Waals surface area contributed by atoms with Gasteiger partial charge in [0.05, 0.1) is 12.0 Å². The Hall–Kier alpha value is -2.24. The second-order valence-electron chi connectivity index (χ2n) is 7.88. The molecule has 2 heterocycles. The minimum Gasteiger partial charge on any atom is -0.486 e. The average Bonchev–Trinajstić information content (AvgIpc) is 2.55. The van der Waals surface area contributed by atoms with Crippen molar-refractivity contribution in [1.82, 2.24) is 4.90 Å². The highest BCUT2D eigenvalue weighted by Gasteiger charge is 2.43. The molecule has 6 nitrogen and oxygen atoms in total. The van der Waals surface area contributed by atoms with E-state index in [0.717, 1.165) is 5.56 Å². The van der Waals surface area contributed by atoms with Crippen molar-refractivity contribution in [3.05, 3.63) is 23.8 Å². The Morgan fingerprint density at radius 3 is 2.68 bits per heavy atom. The minimum atomic E-state index is -0.884. The molecule has 2 aliphatic rings. The highest BCUT2D eigenvalue weighted by Crippen LogP contribution is 2.45. The van der Waals surface area contributed by atoms with Crippen LogP contribution in [0.3, 0.4) is 0 Å². The van der Waals surface area contributed by atoms with Gasteiger partial charge >= 0.3 is 5.97 Å². The summed E-state index contributed by atoms with van der Waals surface area (Å²) < 4.78 is 11.4. The molecule has 3 rings (SSSR count). The lowest BCUT2D eigenvalue weighted by Gasteiger charge is -2.43. The van der Waals surface area contributed by atoms with Crippen LogP contribution in [0.2, 0.25) is 0 Å². The molecule has 1 aromatic carbocycles. The van der Waals surface area contributed by atoms with Crippen molar-refractivity contribution in [2.45, 2.75) is 39.7 Å². The molecule has 2 aliphatic heterocycles. The number of benzene rings is 1. The average molecular weight is 347 g/mol. The van der Waals surface area contributed by atoms with Gasteiger partial charge in [-0.3, -0.25) is 9.59 Å². The summed E-state index contributed by atoms with van der Waals surface area (Å²) in [4.78, 5) is 26.3. The van der Waals surface area contributed by atoms with Crippen LogP contribution in [0.1, 0.15) is 45.2 Å². The monoisotopic (exact) mass is 347 g/mol. The standard InChI is InChI=1S/C19H25NO5/c1-19(2,3)11-20-15(21)8-7-13(18(22)23)16(20)12-5-4-6-14-17(12)25-10-9-24-14/h4-6,13,16H,7-11H2,1-3H3,(H,22,23)/t13-,16-/m1/s1. The van der Waals surface area contributed by atoms with Gasteiger partial charge in [0.15, 0.2) is 11.5 Å². The van der Waals surface area contributed by atoms with E-state index in [2.05, 4.69) is 0 Å². The summed E-state index contributed by atoms with van der Waals surface area (Å²) in [6.07, 6.45) is 0.597. The molecule has 0 saturated carbocycles. The quantitative estimate of drug-likeness (QED) is 0.910. The molecular weight excluding hydrogens is 322 g/mol. The minimum absolute atomic E-state index is 0.00763. The van der Waals surface area contributed by atoms with Crippen LogP contribution in [0.5, 0.6) is 11.5 Å². The van der Waals surface area contributed by atoms with E-state index in [1.54, 1.807) is 4.90 Å². The molecule has 1 N–H and O–H groups in total. The molecule has 25 heavy (non-hydrogen) atoms. The van der Waals surface area contributed by atoms with Crippen LogP contribution in [0.15, 0.2) is 18.2 Å². The third-order valence-electron chi connectivity index (χ3n) is 4.58. The molecule has 0 aliphatic carbocycles. The fourth-order valence-corrected chi connectivity index (χ4v) is 3.62. The van der Waals surface area contributed by atoms with Crippen molar-refractivity contribution < 1.29 is 24.2 Å². The lowest BCUT2D eigenvalue weighted by Crippen LogP contribution is -2.48. The lowest BCUT2D eigenvalue weighted by atomic mass is 9.82. The van der Waals surface area contributed by atoms with E-state index in [9.17, 15) is 14.7 Å². The summed E-state index contributed by atoms with van der Waals surface area (Å²) in [7, 11) is 0. The molecule has 0 unspecified atom stereocenters. The zero-order chi connectivity index (χ0) is 18.2. The summed E-state index contributed by atoms with van der Waals surface area (Å²) in [5, 5.41) is 9.77. The zero-order valence-electron chi connectivity index (χ0n) is 14.9. The van der Waals surface area contributed by atoms with Crippen LogP contribution in [-0.4, -0.2) is 41.6 Å². The van der Waals surface area contributed by atoms with Crippen LogP contribution in [-0.2, 0) is 9.59 Å². The third kappa shape index (κ3) is 3.57. The maximum atomic E-state index is 12.7. The van der Waals surface area contributed by atoms with Gasteiger partial charge in [-0.05, 0) is 17.9 Å². The smallest absolute Gasteiger partial charge is 0.308 e. The van der Waals surface area contributed by atoms with E-state index < -0.39 is 17.9 Å². The molecule has 0 radical (unpaired) electrons. The van der Waals surface area contributed by atoms with Crippen molar-refractivity contribution >= 4 is 11.9 Å². The van der Waals surface area contributed by atoms with Gasteiger partial charge in [0.1, 0.15) is 13.2 Å². The first kappa shape index (κ1) is 17.6. The maximum absolute atomic E-state index is 12.7. The zero-order valence-corrected chi connectivity index (χ0v) is 14.9. The number of hydrogen-bond donors (Lipinski definition) is 1. The van der Waals surface area contributed by atoms with Gasteiger partial charge in [-0.25, -0.2) is 0 Å². The molecular formula is C19H25NO5. The van der Waals surface area contributed by atoms with Gasteiger partial charge in [-0.2, -0.15) is 0 Å². The molecule has 0 spiro atoms. The summed E-state index contributed by atoms with van der Waals surface area (Å²) in [5.74, 6) is -0.366. The van der Waals surface area contributed by atoms with Crippen LogP contribution >= 0.6 is 0 Å². The Labute approximate surface area is 147 Å². The van der Waals surface area contributed by atoms with Gasteiger partial charge in [0.25, 0.3) is 0 Å². The van der Waals surface area contributed by atoms with E-state index >= 15 is 0 Å². The summed E-state index contributed by atoms with van der Waals surface area (Å²) in [5.41, 5.74) is 0.586. The number of nitrogens with zero attached hydrogens (tertiary/aromatic N) is 1. The van der Waals surface area contributed by atoms with Crippen LogP contribution in [0, 0.1) is 11.3 Å². The van der Waals surface area contributed by atoms with Gasteiger partial charge in [-0.1, -0.05) is 32.9 Å². The molecule has 2 atom stereocenters. The first-order valence-electron chi connectivity index (χ1n) is 8.69. The number of carbonyl (C=O) groups is 2. The first-order chi connectivity index (χ1) is 11.8. The second-order valence-corrected chi connectivity index (χ2v) is 7.88. The summed E-state index contributed by atoms with van der Waals surface area (Å²) in [6.45, 7) is 7.51. The topological polar surface area (TPSA) is 76.1 Å². The van der Waals surface area contributed by atoms with Gasteiger partial charge in [0.2, 0.25) is 5.91 Å². The highest BCUT2D eigenvalue weighted by molar-refractivity contribution is 5.82. The largest absolute Gasteiger partial charge is 0.486 e. The molecule has 0 aromatic heterocycles. The van der Waals surface area contributed by atoms with Crippen LogP contribution in [0.25, 0.3) is 0 Å². The number of piperidine rings is 1. The number of rotatable bonds is 3. The molecule has 1 aromatic rings. The number of para-hydroxylation sites is 1. The normalized spacial score (nSPS) is 23.5. The third-order valence-corrected chi connectivity index (χ3v) is 4.58. The predicted molar refractivity (Wildman–Crippen MR) is 91.7 cm³/mol. The number of likely N-dealkylation sites (tertiary alicyclic amines) is 1. The first-order valence-corrected chi connectivity index (χ1v) is 8.69. The van der Waals surface area contributed by atoms with E-state index in [-0.39, 0.29) is 17.7 Å². The number of amides is 1. The van der Waals surface area contributed by atoms with E-state index in [1.165, 1.54) is 0 Å². The van der Waals surface area contributed by atoms with E-state index in [4.69, 9.17) is 9.47 Å². The molecule has 6 heteroatoms. The number of aliphatic carboxylic acids is 1. The molecule has 1 amide bonds. The van der Waals surface area contributed by atoms with Crippen molar-refractivity contribution in [2.75, 3.05) is 19.8 Å². The predicted octanol–water partition coefficient (Wildman–Crippen LogP) is 2.87. The van der Waals surface area contributed by atoms with E-state index in [1.807, 2.05) is 39.0 Å². The number of ether oxygens (including phenoxy) is 2. The molecule has 0 bridgehead atoms. The van der Waals surface area contributed by atoms with Crippen molar-refractivity contribution in [1.29, 1.82) is 0 Å². The maximum Gasteiger partial charge on any atom is 0.308 e. The number of carboxylic acid groups (broad SMARTS) is 1. The number of fused-ring (bicyclic) bond motifs is 1. The Morgan fingerprint density at radius 2 is 2.00 bits per heavy atom. The highest BCUT2D eigenvalue weighted by atomic mass is 16.6. The lowest BCUT2D eigenvalue weighted by molar-refractivity contribution is -0.153. The molecule has 1 saturated heterocycles. The molecule has 1 fully saturated rings. The molecule has 136 valence electrons. The summed E-state index contributed by atoms with van der Waals surface area (Å²) in [6, 6.07) is 4.94.